The standard InChI is InChI=1S/C14H20Br2N2O2S/c1-3-9-4-5-13(8(9)2)18-21(19,20)14-11(16)6-10(15)7-12(14)17/h6-9,13,18H,3-5,17H2,1-2H3. The van der Waals surface area contributed by atoms with Crippen molar-refractivity contribution in [3.05, 3.63) is 21.1 Å². The van der Waals surface area contributed by atoms with E-state index in [2.05, 4.69) is 50.4 Å². The van der Waals surface area contributed by atoms with Crippen molar-refractivity contribution in [3.63, 3.8) is 0 Å². The van der Waals surface area contributed by atoms with Crippen molar-refractivity contribution in [1.82, 2.24) is 4.72 Å². The lowest BCUT2D eigenvalue weighted by Crippen LogP contribution is -2.37. The zero-order valence-corrected chi connectivity index (χ0v) is 16.1. The van der Waals surface area contributed by atoms with Gasteiger partial charge < -0.3 is 5.73 Å². The molecule has 0 spiro atoms. The van der Waals surface area contributed by atoms with Gasteiger partial charge in [-0.2, -0.15) is 0 Å². The summed E-state index contributed by atoms with van der Waals surface area (Å²) in [6, 6.07) is 3.28. The zero-order valence-electron chi connectivity index (χ0n) is 12.1. The number of rotatable bonds is 4. The van der Waals surface area contributed by atoms with E-state index in [1.54, 1.807) is 12.1 Å². The molecule has 1 fully saturated rings. The average molecular weight is 440 g/mol. The van der Waals surface area contributed by atoms with Gasteiger partial charge >= 0.3 is 0 Å². The largest absolute Gasteiger partial charge is 0.398 e. The first kappa shape index (κ1) is 17.2. The van der Waals surface area contributed by atoms with Crippen molar-refractivity contribution in [2.45, 2.75) is 44.0 Å². The first-order valence-corrected chi connectivity index (χ1v) is 10.1. The topological polar surface area (TPSA) is 72.2 Å². The predicted octanol–water partition coefficient (Wildman–Crippen LogP) is 3.90. The number of benzene rings is 1. The van der Waals surface area contributed by atoms with Crippen molar-refractivity contribution in [1.29, 1.82) is 0 Å². The Labute approximate surface area is 143 Å². The maximum Gasteiger partial charge on any atom is 0.244 e. The van der Waals surface area contributed by atoms with E-state index in [9.17, 15) is 8.42 Å². The molecule has 1 aromatic carbocycles. The summed E-state index contributed by atoms with van der Waals surface area (Å²) in [7, 11) is -3.63. The number of hydrogen-bond donors (Lipinski definition) is 2. The van der Waals surface area contributed by atoms with E-state index < -0.39 is 10.0 Å². The Kier molecular flexibility index (Phi) is 5.39. The zero-order chi connectivity index (χ0) is 15.8. The molecule has 2 rings (SSSR count). The molecule has 1 aromatic rings. The highest BCUT2D eigenvalue weighted by Crippen LogP contribution is 2.36. The van der Waals surface area contributed by atoms with Crippen molar-refractivity contribution in [2.24, 2.45) is 11.8 Å². The van der Waals surface area contributed by atoms with Gasteiger partial charge in [0.25, 0.3) is 0 Å². The summed E-state index contributed by atoms with van der Waals surface area (Å²) >= 11 is 6.60. The SMILES string of the molecule is CCC1CCC(NS(=O)(=O)c2c(N)cc(Br)cc2Br)C1C. The van der Waals surface area contributed by atoms with Crippen LogP contribution in [0, 0.1) is 11.8 Å². The van der Waals surface area contributed by atoms with Gasteiger partial charge in [-0.25, -0.2) is 13.1 Å². The van der Waals surface area contributed by atoms with Crippen LogP contribution in [-0.4, -0.2) is 14.5 Å². The highest BCUT2D eigenvalue weighted by atomic mass is 79.9. The Hall–Kier alpha value is -0.110. The molecule has 1 aliphatic rings. The number of hydrogen-bond acceptors (Lipinski definition) is 3. The van der Waals surface area contributed by atoms with E-state index in [0.29, 0.717) is 16.3 Å². The van der Waals surface area contributed by atoms with Crippen LogP contribution in [-0.2, 0) is 10.0 Å². The third kappa shape index (κ3) is 3.63. The van der Waals surface area contributed by atoms with E-state index in [1.165, 1.54) is 0 Å². The van der Waals surface area contributed by atoms with Gasteiger partial charge in [-0.3, -0.25) is 0 Å². The van der Waals surface area contributed by atoms with Crippen LogP contribution in [0.25, 0.3) is 0 Å². The molecule has 3 unspecified atom stereocenters. The Bertz CT molecular complexity index is 611. The van der Waals surface area contributed by atoms with Crippen LogP contribution in [0.2, 0.25) is 0 Å². The van der Waals surface area contributed by atoms with Crippen molar-refractivity contribution >= 4 is 47.6 Å². The van der Waals surface area contributed by atoms with E-state index >= 15 is 0 Å². The molecule has 21 heavy (non-hydrogen) atoms. The molecule has 3 N–H and O–H groups in total. The molecule has 0 heterocycles. The van der Waals surface area contributed by atoms with Gasteiger partial charge in [-0.1, -0.05) is 36.2 Å². The molecule has 0 aromatic heterocycles. The van der Waals surface area contributed by atoms with Crippen molar-refractivity contribution < 1.29 is 8.42 Å². The lowest BCUT2D eigenvalue weighted by molar-refractivity contribution is 0.368. The lowest BCUT2D eigenvalue weighted by atomic mass is 9.94. The molecule has 1 saturated carbocycles. The number of halogens is 2. The van der Waals surface area contributed by atoms with Crippen LogP contribution in [0.4, 0.5) is 5.69 Å². The monoisotopic (exact) mass is 438 g/mol. The summed E-state index contributed by atoms with van der Waals surface area (Å²) in [5, 5.41) is 0. The van der Waals surface area contributed by atoms with Crippen LogP contribution in [0.3, 0.4) is 0 Å². The predicted molar refractivity (Wildman–Crippen MR) is 92.5 cm³/mol. The van der Waals surface area contributed by atoms with Crippen LogP contribution in [0.5, 0.6) is 0 Å². The fraction of sp³-hybridized carbons (Fsp3) is 0.571. The molecule has 3 atom stereocenters. The van der Waals surface area contributed by atoms with E-state index in [4.69, 9.17) is 5.73 Å². The maximum atomic E-state index is 12.6. The highest BCUT2D eigenvalue weighted by Gasteiger charge is 2.35. The van der Waals surface area contributed by atoms with Gasteiger partial charge in [0.05, 0.1) is 5.69 Å². The highest BCUT2D eigenvalue weighted by molar-refractivity contribution is 9.11. The van der Waals surface area contributed by atoms with Crippen molar-refractivity contribution in [2.75, 3.05) is 5.73 Å². The number of nitrogen functional groups attached to an aromatic ring is 1. The minimum absolute atomic E-state index is 0.0186. The second-order valence-electron chi connectivity index (χ2n) is 5.64. The molecule has 0 radical (unpaired) electrons. The van der Waals surface area contributed by atoms with Crippen LogP contribution in [0.15, 0.2) is 26.0 Å². The average Bonchev–Trinajstić information content (AvgIpc) is 2.68. The Morgan fingerprint density at radius 2 is 2.00 bits per heavy atom. The minimum atomic E-state index is -3.63. The third-order valence-electron chi connectivity index (χ3n) is 4.36. The van der Waals surface area contributed by atoms with Gasteiger partial charge in [0.1, 0.15) is 4.90 Å². The van der Waals surface area contributed by atoms with Crippen LogP contribution < -0.4 is 10.5 Å². The van der Waals surface area contributed by atoms with Crippen LogP contribution in [0.1, 0.15) is 33.1 Å². The van der Waals surface area contributed by atoms with Gasteiger partial charge in [0, 0.05) is 15.0 Å². The van der Waals surface area contributed by atoms with Gasteiger partial charge in [-0.05, 0) is 52.7 Å². The fourth-order valence-electron chi connectivity index (χ4n) is 3.11. The molecule has 4 nitrogen and oxygen atoms in total. The molecule has 7 heteroatoms. The second-order valence-corrected chi connectivity index (χ2v) is 9.06. The first-order chi connectivity index (χ1) is 9.76. The first-order valence-electron chi connectivity index (χ1n) is 7.03. The van der Waals surface area contributed by atoms with Gasteiger partial charge in [-0.15, -0.1) is 0 Å². The quantitative estimate of drug-likeness (QED) is 0.698. The summed E-state index contributed by atoms with van der Waals surface area (Å²) in [5.74, 6) is 0.934. The molecule has 0 aliphatic heterocycles. The van der Waals surface area contributed by atoms with Gasteiger partial charge in [0.2, 0.25) is 10.0 Å². The summed E-state index contributed by atoms with van der Waals surface area (Å²) in [6.07, 6.45) is 3.04. The van der Waals surface area contributed by atoms with Gasteiger partial charge in [0.15, 0.2) is 0 Å². The minimum Gasteiger partial charge on any atom is -0.398 e. The number of anilines is 1. The summed E-state index contributed by atoms with van der Waals surface area (Å²) in [6.45, 7) is 4.27. The lowest BCUT2D eigenvalue weighted by Gasteiger charge is -2.21. The number of nitrogens with one attached hydrogen (secondary N) is 1. The Morgan fingerprint density at radius 1 is 1.33 bits per heavy atom. The molecular formula is C14H20Br2N2O2S. The smallest absolute Gasteiger partial charge is 0.244 e. The molecule has 0 amide bonds. The maximum absolute atomic E-state index is 12.6. The molecule has 0 bridgehead atoms. The van der Waals surface area contributed by atoms with E-state index in [-0.39, 0.29) is 16.6 Å². The summed E-state index contributed by atoms with van der Waals surface area (Å²) in [5.41, 5.74) is 6.13. The normalized spacial score (nSPS) is 26.2. The molecule has 1 aliphatic carbocycles. The molecule has 0 saturated heterocycles. The second kappa shape index (κ2) is 6.56. The summed E-state index contributed by atoms with van der Waals surface area (Å²) in [4.78, 5) is 0.123. The Balaban J connectivity index is 2.28. The van der Waals surface area contributed by atoms with Crippen LogP contribution >= 0.6 is 31.9 Å². The fourth-order valence-corrected chi connectivity index (χ4v) is 6.54. The molecule has 118 valence electrons. The summed E-state index contributed by atoms with van der Waals surface area (Å²) < 4.78 is 29.3. The molecular weight excluding hydrogens is 420 g/mol. The number of nitrogens with two attached hydrogens (primary N) is 1. The number of sulfonamides is 1. The van der Waals surface area contributed by atoms with E-state index in [0.717, 1.165) is 23.7 Å². The third-order valence-corrected chi connectivity index (χ3v) is 7.32. The van der Waals surface area contributed by atoms with E-state index in [1.807, 2.05) is 0 Å². The Morgan fingerprint density at radius 3 is 2.52 bits per heavy atom. The van der Waals surface area contributed by atoms with Crippen molar-refractivity contribution in [3.8, 4) is 0 Å².